The Morgan fingerprint density at radius 3 is 2.71 bits per heavy atom. The predicted molar refractivity (Wildman–Crippen MR) is 72.5 cm³/mol. The molecule has 0 heterocycles. The number of amides is 1. The summed E-state index contributed by atoms with van der Waals surface area (Å²) in [6.45, 7) is 0.336. The number of ether oxygens (including phenoxy) is 2. The van der Waals surface area contributed by atoms with Gasteiger partial charge in [0.1, 0.15) is 11.5 Å². The van der Waals surface area contributed by atoms with Gasteiger partial charge >= 0.3 is 0 Å². The Kier molecular flexibility index (Phi) is 6.00. The molecule has 1 aromatic carbocycles. The lowest BCUT2D eigenvalue weighted by atomic mass is 10.1. The molecule has 21 heavy (non-hydrogen) atoms. The molecule has 0 aliphatic heterocycles. The molecule has 8 nitrogen and oxygen atoms in total. The first kappa shape index (κ1) is 16.8. The minimum absolute atomic E-state index is 0.0902. The van der Waals surface area contributed by atoms with Crippen molar-refractivity contribution < 1.29 is 23.6 Å². The van der Waals surface area contributed by atoms with E-state index in [-0.39, 0.29) is 24.4 Å². The molecule has 0 fully saturated rings. The molecule has 0 aliphatic rings. The number of anilines is 1. The van der Waals surface area contributed by atoms with Gasteiger partial charge in [-0.1, -0.05) is 0 Å². The van der Waals surface area contributed by atoms with Crippen LogP contribution in [-0.2, 0) is 9.47 Å². The van der Waals surface area contributed by atoms with E-state index < -0.39 is 28.4 Å². The normalized spacial score (nSPS) is 12.0. The van der Waals surface area contributed by atoms with Gasteiger partial charge in [0.05, 0.1) is 29.3 Å². The third-order valence-electron chi connectivity index (χ3n) is 2.74. The van der Waals surface area contributed by atoms with Crippen molar-refractivity contribution in [1.29, 1.82) is 0 Å². The van der Waals surface area contributed by atoms with Gasteiger partial charge in [0.25, 0.3) is 11.6 Å². The number of hydrogen-bond donors (Lipinski definition) is 2. The Morgan fingerprint density at radius 2 is 2.19 bits per heavy atom. The number of benzene rings is 1. The van der Waals surface area contributed by atoms with E-state index in [1.165, 1.54) is 14.2 Å². The molecule has 1 rings (SSSR count). The van der Waals surface area contributed by atoms with Gasteiger partial charge in [0, 0.05) is 20.8 Å². The van der Waals surface area contributed by atoms with Gasteiger partial charge in [-0.25, -0.2) is 4.39 Å². The van der Waals surface area contributed by atoms with Crippen LogP contribution in [0.5, 0.6) is 0 Å². The number of nitro groups is 1. The van der Waals surface area contributed by atoms with Crippen molar-refractivity contribution in [3.8, 4) is 0 Å². The highest BCUT2D eigenvalue weighted by Crippen LogP contribution is 2.26. The first-order chi connectivity index (χ1) is 9.90. The zero-order valence-corrected chi connectivity index (χ0v) is 11.6. The van der Waals surface area contributed by atoms with Crippen LogP contribution in [0, 0.1) is 15.9 Å². The molecule has 0 aliphatic carbocycles. The van der Waals surface area contributed by atoms with Crippen LogP contribution in [-0.4, -0.2) is 44.3 Å². The van der Waals surface area contributed by atoms with Crippen LogP contribution in [0.4, 0.5) is 15.8 Å². The van der Waals surface area contributed by atoms with E-state index in [1.54, 1.807) is 0 Å². The summed E-state index contributed by atoms with van der Waals surface area (Å²) in [5.41, 5.74) is 4.19. The summed E-state index contributed by atoms with van der Waals surface area (Å²) in [4.78, 5) is 21.8. The molecule has 1 atom stereocenters. The fourth-order valence-electron chi connectivity index (χ4n) is 1.64. The molecular formula is C12H16FN3O5. The molecule has 9 heteroatoms. The number of nitrogens with zero attached hydrogens (tertiary/aromatic N) is 1. The van der Waals surface area contributed by atoms with Gasteiger partial charge in [-0.05, 0) is 6.07 Å². The third kappa shape index (κ3) is 4.36. The van der Waals surface area contributed by atoms with Crippen LogP contribution >= 0.6 is 0 Å². The molecule has 3 N–H and O–H groups in total. The van der Waals surface area contributed by atoms with Crippen molar-refractivity contribution in [2.75, 3.05) is 33.1 Å². The van der Waals surface area contributed by atoms with E-state index >= 15 is 0 Å². The number of carbonyl (C=O) groups is 1. The fraction of sp³-hybridized carbons (Fsp3) is 0.417. The van der Waals surface area contributed by atoms with Crippen molar-refractivity contribution in [1.82, 2.24) is 5.32 Å². The summed E-state index contributed by atoms with van der Waals surface area (Å²) in [7, 11) is 2.92. The summed E-state index contributed by atoms with van der Waals surface area (Å²) in [6, 6.07) is 1.50. The smallest absolute Gasteiger partial charge is 0.295 e. The SMILES string of the molecule is COCC(CNC(=O)c1cc(F)cc([N+](=O)[O-])c1N)OC. The van der Waals surface area contributed by atoms with E-state index in [1.807, 2.05) is 0 Å². The van der Waals surface area contributed by atoms with Crippen molar-refractivity contribution in [2.45, 2.75) is 6.10 Å². The van der Waals surface area contributed by atoms with E-state index in [9.17, 15) is 19.3 Å². The number of hydrogen-bond acceptors (Lipinski definition) is 6. The number of nitrogens with one attached hydrogen (secondary N) is 1. The van der Waals surface area contributed by atoms with Crippen LogP contribution in [0.2, 0.25) is 0 Å². The van der Waals surface area contributed by atoms with Crippen molar-refractivity contribution >= 4 is 17.3 Å². The maximum absolute atomic E-state index is 13.3. The second-order valence-electron chi connectivity index (χ2n) is 4.17. The number of rotatable bonds is 7. The van der Waals surface area contributed by atoms with Gasteiger partial charge in [0.15, 0.2) is 0 Å². The third-order valence-corrected chi connectivity index (χ3v) is 2.74. The van der Waals surface area contributed by atoms with Crippen molar-refractivity contribution in [3.05, 3.63) is 33.6 Å². The Bertz CT molecular complexity index is 538. The zero-order valence-electron chi connectivity index (χ0n) is 11.6. The summed E-state index contributed by atoms with van der Waals surface area (Å²) in [5, 5.41) is 13.2. The van der Waals surface area contributed by atoms with Gasteiger partial charge in [-0.15, -0.1) is 0 Å². The monoisotopic (exact) mass is 301 g/mol. The number of nitrogens with two attached hydrogens (primary N) is 1. The average Bonchev–Trinajstić information content (AvgIpc) is 2.44. The van der Waals surface area contributed by atoms with Gasteiger partial charge in [-0.3, -0.25) is 14.9 Å². The number of carbonyl (C=O) groups excluding carboxylic acids is 1. The molecule has 116 valence electrons. The van der Waals surface area contributed by atoms with Crippen LogP contribution in [0.15, 0.2) is 12.1 Å². The van der Waals surface area contributed by atoms with Crippen LogP contribution in [0.3, 0.4) is 0 Å². The van der Waals surface area contributed by atoms with Gasteiger partial charge in [0.2, 0.25) is 0 Å². The number of nitrogen functional groups attached to an aromatic ring is 1. The standard InChI is InChI=1S/C12H16FN3O5/c1-20-6-8(21-2)5-15-12(17)9-3-7(13)4-10(11(9)14)16(18)19/h3-4,8H,5-6,14H2,1-2H3,(H,15,17). The Balaban J connectivity index is 2.90. The molecule has 1 aromatic rings. The largest absolute Gasteiger partial charge is 0.393 e. The molecule has 0 saturated heterocycles. The summed E-state index contributed by atoms with van der Waals surface area (Å²) in [5.74, 6) is -1.64. The second kappa shape index (κ2) is 7.50. The number of nitro benzene ring substituents is 1. The van der Waals surface area contributed by atoms with E-state index in [0.29, 0.717) is 6.07 Å². The Hall–Kier alpha value is -2.26. The molecule has 1 unspecified atom stereocenters. The summed E-state index contributed by atoms with van der Waals surface area (Å²) < 4.78 is 23.2. The minimum Gasteiger partial charge on any atom is -0.393 e. The maximum Gasteiger partial charge on any atom is 0.295 e. The molecule has 0 radical (unpaired) electrons. The lowest BCUT2D eigenvalue weighted by Gasteiger charge is -2.15. The quantitative estimate of drug-likeness (QED) is 0.435. The van der Waals surface area contributed by atoms with Gasteiger partial charge < -0.3 is 20.5 Å². The van der Waals surface area contributed by atoms with Crippen molar-refractivity contribution in [2.24, 2.45) is 0 Å². The highest BCUT2D eigenvalue weighted by atomic mass is 19.1. The van der Waals surface area contributed by atoms with E-state index in [2.05, 4.69) is 5.32 Å². The lowest BCUT2D eigenvalue weighted by Crippen LogP contribution is -2.36. The van der Waals surface area contributed by atoms with Crippen LogP contribution < -0.4 is 11.1 Å². The Morgan fingerprint density at radius 1 is 1.52 bits per heavy atom. The first-order valence-electron chi connectivity index (χ1n) is 5.94. The fourth-order valence-corrected chi connectivity index (χ4v) is 1.64. The molecule has 0 saturated carbocycles. The molecule has 0 bridgehead atoms. The highest BCUT2D eigenvalue weighted by Gasteiger charge is 2.22. The predicted octanol–water partition coefficient (Wildman–Crippen LogP) is 0.707. The average molecular weight is 301 g/mol. The highest BCUT2D eigenvalue weighted by molar-refractivity contribution is 6.01. The van der Waals surface area contributed by atoms with Gasteiger partial charge in [-0.2, -0.15) is 0 Å². The zero-order chi connectivity index (χ0) is 16.0. The maximum atomic E-state index is 13.3. The second-order valence-corrected chi connectivity index (χ2v) is 4.17. The summed E-state index contributed by atoms with van der Waals surface area (Å²) >= 11 is 0. The Labute approximate surface area is 120 Å². The van der Waals surface area contributed by atoms with Crippen LogP contribution in [0.25, 0.3) is 0 Å². The van der Waals surface area contributed by atoms with Crippen molar-refractivity contribution in [3.63, 3.8) is 0 Å². The minimum atomic E-state index is -0.916. The van der Waals surface area contributed by atoms with Crippen LogP contribution in [0.1, 0.15) is 10.4 Å². The molecular weight excluding hydrogens is 285 g/mol. The molecule has 0 spiro atoms. The topological polar surface area (TPSA) is 117 Å². The lowest BCUT2D eigenvalue weighted by molar-refractivity contribution is -0.384. The van der Waals surface area contributed by atoms with E-state index in [4.69, 9.17) is 15.2 Å². The molecule has 1 amide bonds. The first-order valence-corrected chi connectivity index (χ1v) is 5.94. The molecule has 0 aromatic heterocycles. The van der Waals surface area contributed by atoms with E-state index in [0.717, 1.165) is 6.07 Å². The number of methoxy groups -OCH3 is 2. The summed E-state index contributed by atoms with van der Waals surface area (Å²) in [6.07, 6.45) is -0.399. The number of halogens is 1.